The molecule has 139 valence electrons. The van der Waals surface area contributed by atoms with Crippen molar-refractivity contribution in [1.29, 1.82) is 0 Å². The number of benzene rings is 1. The summed E-state index contributed by atoms with van der Waals surface area (Å²) in [6, 6.07) is 12.1. The first-order chi connectivity index (χ1) is 13.1. The fourth-order valence-corrected chi connectivity index (χ4v) is 2.42. The van der Waals surface area contributed by atoms with Crippen molar-refractivity contribution in [1.82, 2.24) is 5.32 Å². The van der Waals surface area contributed by atoms with Crippen LogP contribution in [0.15, 0.2) is 46.9 Å². The highest BCUT2D eigenvalue weighted by Crippen LogP contribution is 2.28. The Hall–Kier alpha value is -3.18. The van der Waals surface area contributed by atoms with Crippen LogP contribution in [0.5, 0.6) is 5.95 Å². The van der Waals surface area contributed by atoms with Crippen molar-refractivity contribution >= 4 is 22.3 Å². The summed E-state index contributed by atoms with van der Waals surface area (Å²) < 4.78 is 20.7. The maximum Gasteiger partial charge on any atom is 0.409 e. The molecule has 1 amide bonds. The molecule has 1 heterocycles. The van der Waals surface area contributed by atoms with Gasteiger partial charge in [0.2, 0.25) is 0 Å². The predicted octanol–water partition coefficient (Wildman–Crippen LogP) is 2.10. The van der Waals surface area contributed by atoms with Crippen LogP contribution in [0.1, 0.15) is 18.2 Å². The highest BCUT2D eigenvalue weighted by Gasteiger charge is 2.46. The number of esters is 1. The van der Waals surface area contributed by atoms with E-state index in [4.69, 9.17) is 18.6 Å². The Morgan fingerprint density at radius 2 is 1.93 bits per heavy atom. The molecule has 0 spiro atoms. The van der Waals surface area contributed by atoms with Crippen LogP contribution in [0, 0.1) is 11.5 Å². The number of alkyl carbamates (subject to hydrolysis) is 1. The van der Waals surface area contributed by atoms with Crippen molar-refractivity contribution in [3.63, 3.8) is 0 Å². The molecule has 0 unspecified atom stereocenters. The van der Waals surface area contributed by atoms with E-state index >= 15 is 0 Å². The largest absolute Gasteiger partial charge is 0.468 e. The van der Waals surface area contributed by atoms with Gasteiger partial charge >= 0.3 is 12.1 Å². The second kappa shape index (κ2) is 9.50. The fraction of sp³-hybridized carbons (Fsp3) is 0.263. The van der Waals surface area contributed by atoms with Gasteiger partial charge in [0.25, 0.3) is 11.5 Å². The number of hydrogen-bond donors (Lipinski definition) is 1. The number of hydrogen-bond acceptors (Lipinski definition) is 6. The van der Waals surface area contributed by atoms with Crippen molar-refractivity contribution in [2.45, 2.75) is 19.1 Å². The summed E-state index contributed by atoms with van der Waals surface area (Å²) in [7, 11) is 4.42. The first-order valence-electron chi connectivity index (χ1n) is 8.05. The van der Waals surface area contributed by atoms with E-state index in [1.165, 1.54) is 19.2 Å². The van der Waals surface area contributed by atoms with Crippen LogP contribution in [-0.2, 0) is 26.4 Å². The minimum Gasteiger partial charge on any atom is -0.468 e. The van der Waals surface area contributed by atoms with Crippen LogP contribution in [0.4, 0.5) is 4.79 Å². The summed E-state index contributed by atoms with van der Waals surface area (Å²) >= 11 is 0. The smallest absolute Gasteiger partial charge is 0.409 e. The fourth-order valence-electron chi connectivity index (χ4n) is 2.23. The average Bonchev–Trinajstić information content (AvgIpc) is 3.16. The number of carbonyl (C=O) groups excluding carboxylic acids is 2. The summed E-state index contributed by atoms with van der Waals surface area (Å²) in [5.41, 5.74) is 1.33. The molecule has 2 aromatic rings. The quantitative estimate of drug-likeness (QED) is 0.447. The average molecular weight is 384 g/mol. The van der Waals surface area contributed by atoms with E-state index in [9.17, 15) is 9.59 Å². The molecule has 1 atom stereocenters. The zero-order valence-corrected chi connectivity index (χ0v) is 15.9. The van der Waals surface area contributed by atoms with Gasteiger partial charge in [-0.15, -0.1) is 5.54 Å². The van der Waals surface area contributed by atoms with Crippen LogP contribution < -0.4 is 10.1 Å². The zero-order chi connectivity index (χ0) is 19.7. The van der Waals surface area contributed by atoms with E-state index in [-0.39, 0.29) is 24.9 Å². The monoisotopic (exact) mass is 384 g/mol. The van der Waals surface area contributed by atoms with Gasteiger partial charge in [0.1, 0.15) is 16.8 Å². The number of furan rings is 1. The Morgan fingerprint density at radius 3 is 2.52 bits per heavy atom. The van der Waals surface area contributed by atoms with Gasteiger partial charge in [-0.25, -0.2) is 9.59 Å². The highest BCUT2D eigenvalue weighted by molar-refractivity contribution is 6.22. The highest BCUT2D eigenvalue weighted by atomic mass is 28.1. The Labute approximate surface area is 160 Å². The van der Waals surface area contributed by atoms with Crippen LogP contribution in [0.25, 0.3) is 0 Å². The number of amides is 1. The second-order valence-electron chi connectivity index (χ2n) is 5.23. The lowest BCUT2D eigenvalue weighted by molar-refractivity contribution is -0.149. The SMILES string of the molecule is CCOC(=O)[C@](C#C[Si])(NC(=O)OCc1ccccc1)c1ccc(OC)o1. The molecular formula is C19H18NO6Si. The molecule has 1 aromatic heterocycles. The topological polar surface area (TPSA) is 87.0 Å². The molecule has 0 saturated carbocycles. The molecule has 0 fully saturated rings. The van der Waals surface area contributed by atoms with Crippen molar-refractivity contribution in [2.75, 3.05) is 13.7 Å². The standard InChI is InChI=1S/C19H18NO6Si/c1-3-24-17(21)19(11-12-27,15-9-10-16(23-2)26-15)20-18(22)25-13-14-7-5-4-6-8-14/h4-10H,3,13H2,1-2H3,(H,20,22)/t19-/m1/s1. The van der Waals surface area contributed by atoms with E-state index in [0.717, 1.165) is 5.56 Å². The number of nitrogens with one attached hydrogen (secondary N) is 1. The van der Waals surface area contributed by atoms with E-state index in [0.29, 0.717) is 0 Å². The molecule has 0 saturated heterocycles. The third-order valence-corrected chi connectivity index (χ3v) is 3.61. The lowest BCUT2D eigenvalue weighted by Gasteiger charge is -2.25. The molecule has 7 nitrogen and oxygen atoms in total. The Kier molecular flexibility index (Phi) is 7.08. The van der Waals surface area contributed by atoms with Crippen LogP contribution >= 0.6 is 0 Å². The Bertz CT molecular complexity index is 839. The van der Waals surface area contributed by atoms with Gasteiger partial charge in [-0.1, -0.05) is 36.3 Å². The molecule has 1 aromatic carbocycles. The molecular weight excluding hydrogens is 366 g/mol. The maximum absolute atomic E-state index is 12.6. The first kappa shape index (κ1) is 20.1. The van der Waals surface area contributed by atoms with E-state index in [1.807, 2.05) is 18.2 Å². The lowest BCUT2D eigenvalue weighted by Crippen LogP contribution is -2.51. The predicted molar refractivity (Wildman–Crippen MR) is 96.9 cm³/mol. The second-order valence-corrected chi connectivity index (χ2v) is 5.48. The minimum absolute atomic E-state index is 0.0222. The van der Waals surface area contributed by atoms with Crippen molar-refractivity contribution < 1.29 is 28.2 Å². The van der Waals surface area contributed by atoms with Gasteiger partial charge in [-0.05, 0) is 18.6 Å². The molecule has 27 heavy (non-hydrogen) atoms. The number of ether oxygens (including phenoxy) is 3. The summed E-state index contributed by atoms with van der Waals surface area (Å²) in [4.78, 5) is 25.0. The third kappa shape index (κ3) is 4.92. The van der Waals surface area contributed by atoms with Gasteiger partial charge in [-0.2, -0.15) is 0 Å². The third-order valence-electron chi connectivity index (χ3n) is 3.49. The van der Waals surface area contributed by atoms with Gasteiger partial charge in [0.05, 0.1) is 13.7 Å². The van der Waals surface area contributed by atoms with Crippen LogP contribution in [-0.4, -0.2) is 36.0 Å². The maximum atomic E-state index is 12.6. The Balaban J connectivity index is 2.28. The van der Waals surface area contributed by atoms with Crippen molar-refractivity contribution in [3.05, 3.63) is 53.8 Å². The minimum atomic E-state index is -1.90. The molecule has 3 radical (unpaired) electrons. The zero-order valence-electron chi connectivity index (χ0n) is 14.9. The number of rotatable bonds is 7. The molecule has 0 aliphatic heterocycles. The molecule has 0 aliphatic carbocycles. The molecule has 1 N–H and O–H groups in total. The van der Waals surface area contributed by atoms with Gasteiger partial charge in [0, 0.05) is 6.07 Å². The van der Waals surface area contributed by atoms with Gasteiger partial charge < -0.3 is 18.6 Å². The van der Waals surface area contributed by atoms with Crippen LogP contribution in [0.3, 0.4) is 0 Å². The molecule has 0 bridgehead atoms. The lowest BCUT2D eigenvalue weighted by atomic mass is 9.97. The van der Waals surface area contributed by atoms with Crippen LogP contribution in [0.2, 0.25) is 0 Å². The Morgan fingerprint density at radius 1 is 1.19 bits per heavy atom. The van der Waals surface area contributed by atoms with E-state index < -0.39 is 17.6 Å². The van der Waals surface area contributed by atoms with E-state index in [1.54, 1.807) is 19.1 Å². The van der Waals surface area contributed by atoms with E-state index in [2.05, 4.69) is 27.0 Å². The normalized spacial score (nSPS) is 12.1. The summed E-state index contributed by atoms with van der Waals surface area (Å²) in [5.74, 6) is 1.95. The van der Waals surface area contributed by atoms with Crippen molar-refractivity contribution in [2.24, 2.45) is 0 Å². The number of methoxy groups -OCH3 is 1. The molecule has 2 rings (SSSR count). The molecule has 8 heteroatoms. The first-order valence-corrected chi connectivity index (χ1v) is 8.55. The van der Waals surface area contributed by atoms with Gasteiger partial charge in [-0.3, -0.25) is 5.32 Å². The summed E-state index contributed by atoms with van der Waals surface area (Å²) in [6.45, 7) is 1.75. The molecule has 0 aliphatic rings. The van der Waals surface area contributed by atoms with Gasteiger partial charge in [0.15, 0.2) is 5.76 Å². The number of carbonyl (C=O) groups is 2. The summed E-state index contributed by atoms with van der Waals surface area (Å²) in [5, 5.41) is 2.45. The van der Waals surface area contributed by atoms with Crippen molar-refractivity contribution in [3.8, 4) is 17.4 Å². The summed E-state index contributed by atoms with van der Waals surface area (Å²) in [6.07, 6.45) is -0.864.